The normalized spacial score (nSPS) is 15.7. The Hall–Kier alpha value is -1.62. The summed E-state index contributed by atoms with van der Waals surface area (Å²) in [5.41, 5.74) is 0. The first-order chi connectivity index (χ1) is 9.70. The van der Waals surface area contributed by atoms with Crippen LogP contribution >= 0.6 is 11.3 Å². The average molecular weight is 293 g/mol. The molecule has 5 heteroatoms. The van der Waals surface area contributed by atoms with Crippen LogP contribution in [0, 0.1) is 5.82 Å². The van der Waals surface area contributed by atoms with Gasteiger partial charge in [0.2, 0.25) is 0 Å². The smallest absolute Gasteiger partial charge is 0.265 e. The van der Waals surface area contributed by atoms with Crippen LogP contribution < -0.4 is 10.1 Å². The molecular formula is C15H16FNO2S. The Labute approximate surface area is 120 Å². The summed E-state index contributed by atoms with van der Waals surface area (Å²) in [6, 6.07) is 5.07. The number of methoxy groups -OCH3 is 1. The Bertz CT molecular complexity index is 647. The lowest BCUT2D eigenvalue weighted by Gasteiger charge is -2.11. The molecule has 1 aromatic heterocycles. The second kappa shape index (κ2) is 5.40. The van der Waals surface area contributed by atoms with E-state index >= 15 is 0 Å². The molecule has 20 heavy (non-hydrogen) atoms. The van der Waals surface area contributed by atoms with Gasteiger partial charge in [-0.3, -0.25) is 4.79 Å². The molecule has 0 unspecified atom stereocenters. The molecule has 0 radical (unpaired) electrons. The molecule has 1 N–H and O–H groups in total. The van der Waals surface area contributed by atoms with Crippen molar-refractivity contribution in [1.29, 1.82) is 0 Å². The van der Waals surface area contributed by atoms with Crippen LogP contribution in [0.4, 0.5) is 4.39 Å². The third-order valence-electron chi connectivity index (χ3n) is 3.72. The van der Waals surface area contributed by atoms with Gasteiger partial charge < -0.3 is 10.1 Å². The van der Waals surface area contributed by atoms with Gasteiger partial charge in [-0.25, -0.2) is 4.39 Å². The highest BCUT2D eigenvalue weighted by Crippen LogP contribution is 2.39. The number of carbonyl (C=O) groups excluding carboxylic acids is 1. The molecule has 0 spiro atoms. The lowest BCUT2D eigenvalue weighted by atomic mass is 10.2. The predicted octanol–water partition coefficient (Wildman–Crippen LogP) is 3.72. The molecule has 1 saturated carbocycles. The quantitative estimate of drug-likeness (QED) is 0.936. The summed E-state index contributed by atoms with van der Waals surface area (Å²) >= 11 is 1.28. The van der Waals surface area contributed by atoms with E-state index in [4.69, 9.17) is 4.74 Å². The third-order valence-corrected chi connectivity index (χ3v) is 4.86. The molecule has 1 aliphatic carbocycles. The van der Waals surface area contributed by atoms with Gasteiger partial charge in [-0.05, 0) is 25.0 Å². The maximum absolute atomic E-state index is 13.9. The highest BCUT2D eigenvalue weighted by molar-refractivity contribution is 7.21. The zero-order chi connectivity index (χ0) is 14.1. The fourth-order valence-electron chi connectivity index (χ4n) is 2.74. The van der Waals surface area contributed by atoms with Gasteiger partial charge >= 0.3 is 0 Å². The van der Waals surface area contributed by atoms with Gasteiger partial charge in [-0.15, -0.1) is 11.3 Å². The van der Waals surface area contributed by atoms with E-state index in [0.29, 0.717) is 16.0 Å². The maximum Gasteiger partial charge on any atom is 0.265 e. The highest BCUT2D eigenvalue weighted by Gasteiger charge is 2.24. The second-order valence-electron chi connectivity index (χ2n) is 5.03. The molecule has 1 amide bonds. The van der Waals surface area contributed by atoms with Crippen LogP contribution in [-0.4, -0.2) is 19.1 Å². The number of thiophene rings is 1. The molecule has 0 saturated heterocycles. The number of rotatable bonds is 3. The van der Waals surface area contributed by atoms with Crippen molar-refractivity contribution >= 4 is 27.3 Å². The molecule has 2 aromatic rings. The fourth-order valence-corrected chi connectivity index (χ4v) is 3.83. The monoisotopic (exact) mass is 293 g/mol. The molecule has 1 aliphatic rings. The Balaban J connectivity index is 1.97. The van der Waals surface area contributed by atoms with E-state index in [2.05, 4.69) is 5.32 Å². The number of benzene rings is 1. The lowest BCUT2D eigenvalue weighted by Crippen LogP contribution is -2.32. The number of hydrogen-bond acceptors (Lipinski definition) is 3. The van der Waals surface area contributed by atoms with Crippen LogP contribution in [0.1, 0.15) is 35.4 Å². The van der Waals surface area contributed by atoms with Crippen molar-refractivity contribution in [1.82, 2.24) is 5.32 Å². The van der Waals surface area contributed by atoms with Crippen molar-refractivity contribution in [3.63, 3.8) is 0 Å². The van der Waals surface area contributed by atoms with Gasteiger partial charge in [0.05, 0.1) is 12.5 Å². The van der Waals surface area contributed by atoms with Crippen LogP contribution in [0.3, 0.4) is 0 Å². The fraction of sp³-hybridized carbons (Fsp3) is 0.400. The van der Waals surface area contributed by atoms with Crippen LogP contribution in [0.5, 0.6) is 5.75 Å². The number of halogens is 1. The Morgan fingerprint density at radius 2 is 2.15 bits per heavy atom. The number of ether oxygens (including phenoxy) is 1. The molecule has 1 fully saturated rings. The first kappa shape index (κ1) is 13.4. The van der Waals surface area contributed by atoms with Crippen molar-refractivity contribution in [2.45, 2.75) is 31.7 Å². The molecule has 106 valence electrons. The van der Waals surface area contributed by atoms with E-state index in [0.717, 1.165) is 30.4 Å². The topological polar surface area (TPSA) is 38.3 Å². The van der Waals surface area contributed by atoms with Crippen molar-refractivity contribution in [2.75, 3.05) is 7.11 Å². The summed E-state index contributed by atoms with van der Waals surface area (Å²) in [6.07, 6.45) is 4.35. The lowest BCUT2D eigenvalue weighted by molar-refractivity contribution is 0.0939. The van der Waals surface area contributed by atoms with E-state index in [1.54, 1.807) is 12.1 Å². The summed E-state index contributed by atoms with van der Waals surface area (Å²) in [5, 5.41) is 3.42. The molecular weight excluding hydrogens is 277 g/mol. The minimum absolute atomic E-state index is 0.158. The number of amides is 1. The molecule has 0 bridgehead atoms. The first-order valence-electron chi connectivity index (χ1n) is 6.76. The van der Waals surface area contributed by atoms with Crippen molar-refractivity contribution in [3.8, 4) is 5.75 Å². The second-order valence-corrected chi connectivity index (χ2v) is 6.08. The zero-order valence-corrected chi connectivity index (χ0v) is 12.1. The van der Waals surface area contributed by atoms with E-state index in [1.165, 1.54) is 24.5 Å². The van der Waals surface area contributed by atoms with Crippen molar-refractivity contribution in [3.05, 3.63) is 28.9 Å². The molecule has 1 aromatic carbocycles. The zero-order valence-electron chi connectivity index (χ0n) is 11.2. The summed E-state index contributed by atoms with van der Waals surface area (Å²) in [6.45, 7) is 0. The molecule has 0 atom stereocenters. The Morgan fingerprint density at radius 3 is 2.85 bits per heavy atom. The molecule has 3 rings (SSSR count). The Kier molecular flexibility index (Phi) is 3.61. The third kappa shape index (κ3) is 2.26. The van der Waals surface area contributed by atoms with Crippen molar-refractivity contribution in [2.24, 2.45) is 0 Å². The van der Waals surface area contributed by atoms with Crippen LogP contribution in [0.25, 0.3) is 10.1 Å². The van der Waals surface area contributed by atoms with Gasteiger partial charge in [-0.2, -0.15) is 0 Å². The minimum atomic E-state index is -0.351. The van der Waals surface area contributed by atoms with E-state index in [-0.39, 0.29) is 17.8 Å². The summed E-state index contributed by atoms with van der Waals surface area (Å²) in [5.74, 6) is -0.163. The standard InChI is InChI=1S/C15H16FNO2S/c1-19-13-12-10(16)7-4-8-11(12)20-14(13)15(18)17-9-5-2-3-6-9/h4,7-9H,2-3,5-6H2,1H3,(H,17,18). The SMILES string of the molecule is COc1c(C(=O)NC2CCCC2)sc2cccc(F)c12. The molecule has 3 nitrogen and oxygen atoms in total. The van der Waals surface area contributed by atoms with Gasteiger partial charge in [0.1, 0.15) is 10.7 Å². The number of carbonyl (C=O) groups is 1. The number of fused-ring (bicyclic) bond motifs is 1. The maximum atomic E-state index is 13.9. The van der Waals surface area contributed by atoms with Gasteiger partial charge in [0.25, 0.3) is 5.91 Å². The van der Waals surface area contributed by atoms with E-state index in [1.807, 2.05) is 0 Å². The van der Waals surface area contributed by atoms with Crippen LogP contribution in [0.15, 0.2) is 18.2 Å². The molecule has 0 aliphatic heterocycles. The van der Waals surface area contributed by atoms with Crippen LogP contribution in [-0.2, 0) is 0 Å². The predicted molar refractivity (Wildman–Crippen MR) is 78.1 cm³/mol. The number of hydrogen-bond donors (Lipinski definition) is 1. The Morgan fingerprint density at radius 1 is 1.40 bits per heavy atom. The average Bonchev–Trinajstić information content (AvgIpc) is 3.05. The largest absolute Gasteiger partial charge is 0.494 e. The minimum Gasteiger partial charge on any atom is -0.494 e. The summed E-state index contributed by atoms with van der Waals surface area (Å²) in [7, 11) is 1.47. The number of nitrogens with one attached hydrogen (secondary N) is 1. The molecule has 1 heterocycles. The van der Waals surface area contributed by atoms with E-state index in [9.17, 15) is 9.18 Å². The van der Waals surface area contributed by atoms with Gasteiger partial charge in [0.15, 0.2) is 5.75 Å². The summed E-state index contributed by atoms with van der Waals surface area (Å²) in [4.78, 5) is 12.8. The van der Waals surface area contributed by atoms with Gasteiger partial charge in [-0.1, -0.05) is 18.9 Å². The van der Waals surface area contributed by atoms with Gasteiger partial charge in [0, 0.05) is 10.7 Å². The van der Waals surface area contributed by atoms with Crippen molar-refractivity contribution < 1.29 is 13.9 Å². The van der Waals surface area contributed by atoms with Crippen LogP contribution in [0.2, 0.25) is 0 Å². The van der Waals surface area contributed by atoms with E-state index < -0.39 is 0 Å². The summed E-state index contributed by atoms with van der Waals surface area (Å²) < 4.78 is 19.9. The first-order valence-corrected chi connectivity index (χ1v) is 7.58. The highest BCUT2D eigenvalue weighted by atomic mass is 32.1.